The highest BCUT2D eigenvalue weighted by atomic mass is 15.3. The van der Waals surface area contributed by atoms with E-state index in [0.717, 1.165) is 6.54 Å². The van der Waals surface area contributed by atoms with Crippen molar-refractivity contribution in [2.24, 2.45) is 0 Å². The number of nitrogens with zero attached hydrogens (tertiary/aromatic N) is 2. The highest BCUT2D eigenvalue weighted by Crippen LogP contribution is 2.39. The molecule has 0 N–H and O–H groups in total. The zero-order valence-corrected chi connectivity index (χ0v) is 20.2. The molecule has 2 heteroatoms. The maximum atomic E-state index is 8.38. The minimum atomic E-state index is 0.151. The summed E-state index contributed by atoms with van der Waals surface area (Å²) in [4.78, 5) is 2.42. The predicted molar refractivity (Wildman–Crippen MR) is 132 cm³/mol. The van der Waals surface area contributed by atoms with E-state index in [4.69, 9.17) is 1.37 Å². The Hall–Kier alpha value is -2.09. The molecule has 1 unspecified atom stereocenters. The summed E-state index contributed by atoms with van der Waals surface area (Å²) in [5.74, 6) is 1.80. The lowest BCUT2D eigenvalue weighted by molar-refractivity contribution is -0.429. The molecule has 0 bridgehead atoms. The quantitative estimate of drug-likeness (QED) is 0.444. The van der Waals surface area contributed by atoms with E-state index in [1.165, 1.54) is 33.6 Å². The summed E-state index contributed by atoms with van der Waals surface area (Å²) in [6, 6.07) is 13.6. The average molecular weight is 407 g/mol. The van der Waals surface area contributed by atoms with Crippen LogP contribution in [0.4, 0.5) is 11.4 Å². The minimum Gasteiger partial charge on any atom is -0.229 e. The Labute approximate surface area is 186 Å². The highest BCUT2D eigenvalue weighted by molar-refractivity contribution is 5.83. The van der Waals surface area contributed by atoms with Crippen LogP contribution in [0.1, 0.15) is 110 Å². The summed E-state index contributed by atoms with van der Waals surface area (Å²) in [6.07, 6.45) is 2.30. The van der Waals surface area contributed by atoms with E-state index < -0.39 is 0 Å². The molecule has 0 fully saturated rings. The van der Waals surface area contributed by atoms with Gasteiger partial charge in [-0.15, -0.1) is 0 Å². The van der Waals surface area contributed by atoms with E-state index in [0.29, 0.717) is 30.6 Å². The van der Waals surface area contributed by atoms with Gasteiger partial charge in [0.2, 0.25) is 6.34 Å². The zero-order chi connectivity index (χ0) is 22.9. The molecule has 1 atom stereocenters. The minimum absolute atomic E-state index is 0.151. The van der Waals surface area contributed by atoms with Crippen LogP contribution in [-0.2, 0) is 0 Å². The van der Waals surface area contributed by atoms with Gasteiger partial charge >= 0.3 is 0 Å². The van der Waals surface area contributed by atoms with Crippen LogP contribution in [0.25, 0.3) is 0 Å². The Morgan fingerprint density at radius 3 is 1.60 bits per heavy atom. The summed E-state index contributed by atoms with van der Waals surface area (Å²) in [7, 11) is 0. The smallest absolute Gasteiger partial charge is 0.229 e. The summed E-state index contributed by atoms with van der Waals surface area (Å²) in [6.45, 7) is 19.5. The number of benzene rings is 2. The fraction of sp³-hybridized carbons (Fsp3) is 0.536. The third-order valence-electron chi connectivity index (χ3n) is 6.29. The second-order valence-electron chi connectivity index (χ2n) is 10.0. The van der Waals surface area contributed by atoms with Crippen molar-refractivity contribution >= 4 is 17.7 Å². The molecule has 1 heterocycles. The Morgan fingerprint density at radius 2 is 1.20 bits per heavy atom. The Balaban J connectivity index is 2.23. The van der Waals surface area contributed by atoms with Crippen molar-refractivity contribution in [1.29, 1.82) is 0 Å². The van der Waals surface area contributed by atoms with Crippen molar-refractivity contribution in [3.8, 4) is 0 Å². The van der Waals surface area contributed by atoms with E-state index >= 15 is 0 Å². The Morgan fingerprint density at radius 1 is 0.767 bits per heavy atom. The van der Waals surface area contributed by atoms with Gasteiger partial charge in [0.15, 0.2) is 0 Å². The number of para-hydroxylation sites is 2. The fourth-order valence-corrected chi connectivity index (χ4v) is 4.65. The molecule has 0 spiro atoms. The molecule has 3 rings (SSSR count). The monoisotopic (exact) mass is 406 g/mol. The van der Waals surface area contributed by atoms with Gasteiger partial charge in [-0.25, -0.2) is 9.48 Å². The van der Waals surface area contributed by atoms with Crippen LogP contribution in [0.5, 0.6) is 0 Å². The second-order valence-corrected chi connectivity index (χ2v) is 10.0. The second kappa shape index (κ2) is 8.96. The predicted octanol–water partition coefficient (Wildman–Crippen LogP) is 7.76. The van der Waals surface area contributed by atoms with Crippen LogP contribution < -0.4 is 4.90 Å². The largest absolute Gasteiger partial charge is 0.245 e. The third-order valence-corrected chi connectivity index (χ3v) is 6.29. The number of rotatable bonds is 6. The standard InChI is InChI=1S/C28H41N2/c1-18(2)23-12-10-13-24(19(3)4)27(23)29-16-22(9)30(17-29)28-25(20(5)6)14-11-15-26(28)21(7)8/h10-15,17-22H,16H2,1-9H3/q+1/i9D. The van der Waals surface area contributed by atoms with Crippen molar-refractivity contribution in [3.63, 3.8) is 0 Å². The van der Waals surface area contributed by atoms with Crippen molar-refractivity contribution in [3.05, 3.63) is 58.7 Å². The molecule has 0 aromatic heterocycles. The van der Waals surface area contributed by atoms with E-state index in [-0.39, 0.29) is 6.04 Å². The van der Waals surface area contributed by atoms with E-state index in [9.17, 15) is 0 Å². The van der Waals surface area contributed by atoms with Gasteiger partial charge in [-0.1, -0.05) is 91.8 Å². The van der Waals surface area contributed by atoms with Gasteiger partial charge in [-0.3, -0.25) is 0 Å². The maximum absolute atomic E-state index is 8.38. The molecular formula is C28H41N2+. The van der Waals surface area contributed by atoms with Gasteiger partial charge in [0, 0.05) is 23.6 Å². The molecule has 2 nitrogen and oxygen atoms in total. The lowest BCUT2D eigenvalue weighted by Gasteiger charge is -2.23. The SMILES string of the molecule is [2H]CC1C[N+](c2c(C(C)C)cccc2C(C)C)=CN1c1c(C(C)C)cccc1C(C)C. The van der Waals surface area contributed by atoms with Crippen LogP contribution in [0, 0.1) is 0 Å². The van der Waals surface area contributed by atoms with Gasteiger partial charge in [0.05, 0.1) is 0 Å². The van der Waals surface area contributed by atoms with E-state index in [2.05, 4.69) is 108 Å². The molecule has 2 aromatic carbocycles. The van der Waals surface area contributed by atoms with Crippen molar-refractivity contribution in [2.75, 3.05) is 11.4 Å². The molecule has 0 saturated heterocycles. The summed E-state index contributed by atoms with van der Waals surface area (Å²) in [5, 5.41) is 0. The first kappa shape index (κ1) is 21.2. The summed E-state index contributed by atoms with van der Waals surface area (Å²) in [5.41, 5.74) is 8.22. The van der Waals surface area contributed by atoms with Crippen molar-refractivity contribution < 1.29 is 5.95 Å². The molecule has 1 aliphatic heterocycles. The number of anilines is 1. The number of hydrogen-bond donors (Lipinski definition) is 0. The summed E-state index contributed by atoms with van der Waals surface area (Å²) >= 11 is 0. The van der Waals surface area contributed by atoms with Crippen LogP contribution in [-0.4, -0.2) is 23.5 Å². The summed E-state index contributed by atoms with van der Waals surface area (Å²) < 4.78 is 10.8. The van der Waals surface area contributed by atoms with E-state index in [1.54, 1.807) is 0 Å². The first-order valence-electron chi connectivity index (χ1n) is 12.3. The van der Waals surface area contributed by atoms with Crippen molar-refractivity contribution in [1.82, 2.24) is 0 Å². The highest BCUT2D eigenvalue weighted by Gasteiger charge is 2.36. The van der Waals surface area contributed by atoms with Crippen LogP contribution in [0.3, 0.4) is 0 Å². The normalized spacial score (nSPS) is 17.5. The van der Waals surface area contributed by atoms with Crippen LogP contribution >= 0.6 is 0 Å². The van der Waals surface area contributed by atoms with Gasteiger partial charge in [0.25, 0.3) is 0 Å². The lowest BCUT2D eigenvalue weighted by Crippen LogP contribution is -2.30. The van der Waals surface area contributed by atoms with Crippen molar-refractivity contribution in [2.45, 2.75) is 92.0 Å². The number of hydrogen-bond acceptors (Lipinski definition) is 1. The first-order valence-corrected chi connectivity index (χ1v) is 11.6. The molecule has 0 saturated carbocycles. The third kappa shape index (κ3) is 4.19. The molecule has 162 valence electrons. The Bertz CT molecular complexity index is 888. The van der Waals surface area contributed by atoms with Crippen LogP contribution in [0.2, 0.25) is 0 Å². The zero-order valence-electron chi connectivity index (χ0n) is 21.2. The molecule has 0 aliphatic carbocycles. The van der Waals surface area contributed by atoms with Crippen LogP contribution in [0.15, 0.2) is 36.4 Å². The molecule has 1 aliphatic rings. The van der Waals surface area contributed by atoms with E-state index in [1.807, 2.05) is 0 Å². The molecule has 0 radical (unpaired) electrons. The molecule has 2 aromatic rings. The molecule has 30 heavy (non-hydrogen) atoms. The maximum Gasteiger partial charge on any atom is 0.245 e. The van der Waals surface area contributed by atoms with Gasteiger partial charge in [-0.2, -0.15) is 0 Å². The van der Waals surface area contributed by atoms with Gasteiger partial charge < -0.3 is 0 Å². The first-order chi connectivity index (χ1) is 14.7. The topological polar surface area (TPSA) is 6.25 Å². The average Bonchev–Trinajstić information content (AvgIpc) is 3.16. The molecular weight excluding hydrogens is 364 g/mol. The Kier molecular flexibility index (Phi) is 6.32. The van der Waals surface area contributed by atoms with Gasteiger partial charge in [0.1, 0.15) is 24.0 Å². The van der Waals surface area contributed by atoms with Gasteiger partial charge in [-0.05, 0) is 30.6 Å². The lowest BCUT2D eigenvalue weighted by atomic mass is 9.91. The molecule has 0 amide bonds. The fourth-order valence-electron chi connectivity index (χ4n) is 4.65.